The van der Waals surface area contributed by atoms with Crippen molar-refractivity contribution in [2.75, 3.05) is 19.7 Å². The molecule has 1 aliphatic heterocycles. The Morgan fingerprint density at radius 1 is 1.31 bits per heavy atom. The summed E-state index contributed by atoms with van der Waals surface area (Å²) in [5, 5.41) is 4.47. The largest absolute Gasteiger partial charge is 0.373 e. The molecule has 4 rings (SSSR count). The summed E-state index contributed by atoms with van der Waals surface area (Å²) in [4.78, 5) is 29.5. The fraction of sp³-hybridized carbons (Fsp3) is 0.526. The molecular weight excluding hydrogens is 332 g/mol. The van der Waals surface area contributed by atoms with Crippen LogP contribution in [0.15, 0.2) is 23.0 Å². The van der Waals surface area contributed by atoms with Crippen LogP contribution < -0.4 is 5.56 Å². The van der Waals surface area contributed by atoms with E-state index in [0.717, 1.165) is 29.9 Å². The molecule has 138 valence electrons. The van der Waals surface area contributed by atoms with E-state index in [1.165, 1.54) is 6.07 Å². The van der Waals surface area contributed by atoms with Crippen LogP contribution in [0.5, 0.6) is 0 Å². The van der Waals surface area contributed by atoms with Crippen LogP contribution in [0.3, 0.4) is 0 Å². The molecule has 1 unspecified atom stereocenters. The Morgan fingerprint density at radius 3 is 2.81 bits per heavy atom. The van der Waals surface area contributed by atoms with E-state index < -0.39 is 0 Å². The van der Waals surface area contributed by atoms with Crippen molar-refractivity contribution in [1.29, 1.82) is 0 Å². The van der Waals surface area contributed by atoms with Crippen LogP contribution in [0.1, 0.15) is 46.2 Å². The average Bonchev–Trinajstić information content (AvgIpc) is 3.40. The highest BCUT2D eigenvalue weighted by molar-refractivity contribution is 5.94. The van der Waals surface area contributed by atoms with Crippen molar-refractivity contribution >= 4 is 5.91 Å². The predicted molar refractivity (Wildman–Crippen MR) is 96.4 cm³/mol. The highest BCUT2D eigenvalue weighted by Gasteiger charge is 2.29. The van der Waals surface area contributed by atoms with Gasteiger partial charge in [-0.05, 0) is 44.7 Å². The third-order valence-electron chi connectivity index (χ3n) is 5.04. The molecule has 7 nitrogen and oxygen atoms in total. The van der Waals surface area contributed by atoms with E-state index in [1.54, 1.807) is 4.90 Å². The first-order chi connectivity index (χ1) is 12.5. The molecule has 2 aliphatic rings. The van der Waals surface area contributed by atoms with E-state index in [1.807, 2.05) is 30.7 Å². The molecule has 1 saturated heterocycles. The van der Waals surface area contributed by atoms with E-state index >= 15 is 0 Å². The second-order valence-electron chi connectivity index (χ2n) is 7.32. The highest BCUT2D eigenvalue weighted by atomic mass is 16.5. The third kappa shape index (κ3) is 3.58. The molecule has 26 heavy (non-hydrogen) atoms. The van der Waals surface area contributed by atoms with E-state index in [9.17, 15) is 9.59 Å². The second kappa shape index (κ2) is 6.72. The van der Waals surface area contributed by atoms with Gasteiger partial charge < -0.3 is 14.6 Å². The van der Waals surface area contributed by atoms with Crippen molar-refractivity contribution in [2.24, 2.45) is 0 Å². The summed E-state index contributed by atoms with van der Waals surface area (Å²) in [5.41, 5.74) is 3.21. The smallest absolute Gasteiger partial charge is 0.254 e. The molecule has 2 fully saturated rings. The van der Waals surface area contributed by atoms with Gasteiger partial charge in [-0.3, -0.25) is 14.3 Å². The number of rotatable bonds is 4. The van der Waals surface area contributed by atoms with Gasteiger partial charge in [-0.25, -0.2) is 0 Å². The Labute approximate surface area is 152 Å². The van der Waals surface area contributed by atoms with Gasteiger partial charge in [-0.15, -0.1) is 0 Å². The Hall–Kier alpha value is -2.41. The molecule has 2 aromatic heterocycles. The number of pyridine rings is 1. The molecule has 1 atom stereocenters. The molecule has 7 heteroatoms. The predicted octanol–water partition coefficient (Wildman–Crippen LogP) is 1.61. The lowest BCUT2D eigenvalue weighted by Gasteiger charge is -2.33. The van der Waals surface area contributed by atoms with Gasteiger partial charge in [-0.2, -0.15) is 5.10 Å². The maximum absolute atomic E-state index is 12.9. The van der Waals surface area contributed by atoms with Crippen LogP contribution in [0.2, 0.25) is 0 Å². The number of amides is 1. The number of hydrogen-bond acceptors (Lipinski definition) is 4. The second-order valence-corrected chi connectivity index (χ2v) is 7.32. The van der Waals surface area contributed by atoms with Crippen molar-refractivity contribution in [1.82, 2.24) is 19.7 Å². The fourth-order valence-corrected chi connectivity index (χ4v) is 3.55. The molecule has 0 bridgehead atoms. The maximum atomic E-state index is 12.9. The number of aromatic nitrogens is 3. The van der Waals surface area contributed by atoms with Gasteiger partial charge >= 0.3 is 0 Å². The Kier molecular flexibility index (Phi) is 4.40. The van der Waals surface area contributed by atoms with Gasteiger partial charge in [0, 0.05) is 36.1 Å². The Morgan fingerprint density at radius 2 is 2.12 bits per heavy atom. The number of carbonyl (C=O) groups is 1. The van der Waals surface area contributed by atoms with Gasteiger partial charge in [-0.1, -0.05) is 0 Å². The normalized spacial score (nSPS) is 20.4. The molecule has 1 saturated carbocycles. The first-order valence-corrected chi connectivity index (χ1v) is 9.16. The topological polar surface area (TPSA) is 80.2 Å². The zero-order chi connectivity index (χ0) is 18.3. The zero-order valence-electron chi connectivity index (χ0n) is 15.2. The Bertz CT molecular complexity index is 881. The minimum Gasteiger partial charge on any atom is -0.373 e. The summed E-state index contributed by atoms with van der Waals surface area (Å²) in [6, 6.07) is 5.27. The van der Waals surface area contributed by atoms with Crippen LogP contribution in [0.4, 0.5) is 0 Å². The molecule has 1 amide bonds. The number of ether oxygens (including phenoxy) is 1. The van der Waals surface area contributed by atoms with E-state index in [4.69, 9.17) is 4.74 Å². The zero-order valence-corrected chi connectivity index (χ0v) is 15.2. The standard InChI is InChI=1S/C19H24N4O3/c1-12-7-13(2)23(21-12)11-16-10-22(5-6-26-16)19(25)15-8-17(14-3-4-14)20-18(24)9-15/h7-9,14,16H,3-6,10-11H2,1-2H3,(H,20,24). The van der Waals surface area contributed by atoms with Crippen molar-refractivity contribution < 1.29 is 9.53 Å². The van der Waals surface area contributed by atoms with Crippen LogP contribution in [0, 0.1) is 13.8 Å². The van der Waals surface area contributed by atoms with Gasteiger partial charge in [0.05, 0.1) is 24.9 Å². The summed E-state index contributed by atoms with van der Waals surface area (Å²) in [6.45, 7) is 6.13. The van der Waals surface area contributed by atoms with E-state index in [2.05, 4.69) is 10.1 Å². The molecule has 0 spiro atoms. The van der Waals surface area contributed by atoms with Gasteiger partial charge in [0.15, 0.2) is 0 Å². The van der Waals surface area contributed by atoms with E-state index in [0.29, 0.717) is 37.7 Å². The first-order valence-electron chi connectivity index (χ1n) is 9.16. The number of hydrogen-bond donors (Lipinski definition) is 1. The number of aromatic amines is 1. The highest BCUT2D eigenvalue weighted by Crippen LogP contribution is 2.38. The molecule has 3 heterocycles. The molecule has 2 aromatic rings. The lowest BCUT2D eigenvalue weighted by molar-refractivity contribution is -0.0302. The van der Waals surface area contributed by atoms with Crippen LogP contribution in [0.25, 0.3) is 0 Å². The van der Waals surface area contributed by atoms with Crippen molar-refractivity contribution in [2.45, 2.75) is 45.3 Å². The van der Waals surface area contributed by atoms with Gasteiger partial charge in [0.2, 0.25) is 5.56 Å². The van der Waals surface area contributed by atoms with Crippen LogP contribution >= 0.6 is 0 Å². The molecular formula is C19H24N4O3. The van der Waals surface area contributed by atoms with Crippen LogP contribution in [-0.4, -0.2) is 51.4 Å². The number of nitrogens with one attached hydrogen (secondary N) is 1. The first kappa shape index (κ1) is 17.0. The van der Waals surface area contributed by atoms with Gasteiger partial charge in [0.25, 0.3) is 5.91 Å². The summed E-state index contributed by atoms with van der Waals surface area (Å²) in [6.07, 6.45) is 2.06. The number of aryl methyl sites for hydroxylation is 2. The molecule has 0 radical (unpaired) electrons. The number of carbonyl (C=O) groups excluding carboxylic acids is 1. The van der Waals surface area contributed by atoms with Crippen molar-refractivity contribution in [3.05, 3.63) is 51.2 Å². The molecule has 1 aliphatic carbocycles. The SMILES string of the molecule is Cc1cc(C)n(CC2CN(C(=O)c3cc(C4CC4)[nH]c(=O)c3)CCO2)n1. The number of nitrogens with zero attached hydrogens (tertiary/aromatic N) is 3. The fourth-order valence-electron chi connectivity index (χ4n) is 3.55. The summed E-state index contributed by atoms with van der Waals surface area (Å²) in [7, 11) is 0. The van der Waals surface area contributed by atoms with Crippen LogP contribution in [-0.2, 0) is 11.3 Å². The average molecular weight is 356 g/mol. The summed E-state index contributed by atoms with van der Waals surface area (Å²) in [5.74, 6) is 0.304. The third-order valence-corrected chi connectivity index (χ3v) is 5.04. The minimum atomic E-state index is -0.204. The molecule has 1 N–H and O–H groups in total. The lowest BCUT2D eigenvalue weighted by atomic mass is 10.1. The monoisotopic (exact) mass is 356 g/mol. The van der Waals surface area contributed by atoms with Crippen molar-refractivity contribution in [3.8, 4) is 0 Å². The minimum absolute atomic E-state index is 0.0975. The lowest BCUT2D eigenvalue weighted by Crippen LogP contribution is -2.47. The van der Waals surface area contributed by atoms with E-state index in [-0.39, 0.29) is 17.6 Å². The summed E-state index contributed by atoms with van der Waals surface area (Å²) < 4.78 is 7.76. The number of morpholine rings is 1. The van der Waals surface area contributed by atoms with Crippen molar-refractivity contribution in [3.63, 3.8) is 0 Å². The quantitative estimate of drug-likeness (QED) is 0.902. The maximum Gasteiger partial charge on any atom is 0.254 e. The number of H-pyrrole nitrogens is 1. The van der Waals surface area contributed by atoms with Gasteiger partial charge in [0.1, 0.15) is 0 Å². The summed E-state index contributed by atoms with van der Waals surface area (Å²) >= 11 is 0. The molecule has 0 aromatic carbocycles. The Balaban J connectivity index is 1.48.